The SMILES string of the molecule is CC1(C)OB(c2cccc(C(=O)Nc3ccc(C=Cc4ccccc4)cc3)c2)OC1(C)C. The predicted molar refractivity (Wildman–Crippen MR) is 132 cm³/mol. The number of benzene rings is 3. The number of rotatable bonds is 5. The maximum absolute atomic E-state index is 12.8. The van der Waals surface area contributed by atoms with Crippen LogP contribution >= 0.6 is 0 Å². The van der Waals surface area contributed by atoms with Gasteiger partial charge in [-0.05, 0) is 68.6 Å². The second-order valence-corrected chi connectivity index (χ2v) is 9.03. The highest BCUT2D eigenvalue weighted by Gasteiger charge is 2.51. The van der Waals surface area contributed by atoms with Crippen molar-refractivity contribution >= 4 is 36.3 Å². The van der Waals surface area contributed by atoms with Crippen LogP contribution in [0.5, 0.6) is 0 Å². The second kappa shape index (κ2) is 8.77. The van der Waals surface area contributed by atoms with Gasteiger partial charge in [-0.25, -0.2) is 0 Å². The molecule has 0 atom stereocenters. The molecule has 32 heavy (non-hydrogen) atoms. The van der Waals surface area contributed by atoms with Crippen molar-refractivity contribution in [3.05, 3.63) is 95.6 Å². The molecule has 0 radical (unpaired) electrons. The summed E-state index contributed by atoms with van der Waals surface area (Å²) in [5.74, 6) is -0.170. The van der Waals surface area contributed by atoms with Crippen molar-refractivity contribution in [2.75, 3.05) is 5.32 Å². The minimum Gasteiger partial charge on any atom is -0.399 e. The molecule has 0 saturated carbocycles. The molecule has 1 N–H and O–H groups in total. The van der Waals surface area contributed by atoms with E-state index in [-0.39, 0.29) is 5.91 Å². The fraction of sp³-hybridized carbons (Fsp3) is 0.222. The van der Waals surface area contributed by atoms with E-state index in [1.54, 1.807) is 6.07 Å². The third-order valence-electron chi connectivity index (χ3n) is 6.11. The summed E-state index contributed by atoms with van der Waals surface area (Å²) in [6.45, 7) is 8.06. The topological polar surface area (TPSA) is 47.6 Å². The summed E-state index contributed by atoms with van der Waals surface area (Å²) in [5, 5.41) is 2.96. The third-order valence-corrected chi connectivity index (χ3v) is 6.11. The van der Waals surface area contributed by atoms with Crippen molar-refractivity contribution in [1.29, 1.82) is 0 Å². The van der Waals surface area contributed by atoms with Crippen molar-refractivity contribution in [2.45, 2.75) is 38.9 Å². The maximum Gasteiger partial charge on any atom is 0.494 e. The lowest BCUT2D eigenvalue weighted by atomic mass is 9.78. The summed E-state index contributed by atoms with van der Waals surface area (Å²) < 4.78 is 12.2. The fourth-order valence-electron chi connectivity index (χ4n) is 3.44. The van der Waals surface area contributed by atoms with Crippen LogP contribution in [0, 0.1) is 0 Å². The summed E-state index contributed by atoms with van der Waals surface area (Å²) in [7, 11) is -0.497. The average Bonchev–Trinajstić information content (AvgIpc) is 3.01. The quantitative estimate of drug-likeness (QED) is 0.439. The summed E-state index contributed by atoms with van der Waals surface area (Å²) in [6, 6.07) is 25.3. The lowest BCUT2D eigenvalue weighted by Gasteiger charge is -2.32. The van der Waals surface area contributed by atoms with Crippen LogP contribution in [0.1, 0.15) is 49.2 Å². The van der Waals surface area contributed by atoms with E-state index >= 15 is 0 Å². The Bertz CT molecular complexity index is 1110. The molecule has 1 fully saturated rings. The van der Waals surface area contributed by atoms with Gasteiger partial charge in [0.25, 0.3) is 5.91 Å². The van der Waals surface area contributed by atoms with Gasteiger partial charge in [-0.3, -0.25) is 4.79 Å². The molecule has 0 unspecified atom stereocenters. The summed E-state index contributed by atoms with van der Waals surface area (Å²) in [5.41, 5.74) is 3.50. The minimum atomic E-state index is -0.497. The number of hydrogen-bond donors (Lipinski definition) is 1. The van der Waals surface area contributed by atoms with E-state index < -0.39 is 18.3 Å². The molecular weight excluding hydrogens is 397 g/mol. The van der Waals surface area contributed by atoms with Crippen molar-refractivity contribution in [3.8, 4) is 0 Å². The summed E-state index contributed by atoms with van der Waals surface area (Å²) in [4.78, 5) is 12.8. The van der Waals surface area contributed by atoms with Gasteiger partial charge in [0.2, 0.25) is 0 Å². The van der Waals surface area contributed by atoms with Crippen molar-refractivity contribution in [1.82, 2.24) is 0 Å². The van der Waals surface area contributed by atoms with Crippen LogP contribution in [-0.2, 0) is 9.31 Å². The lowest BCUT2D eigenvalue weighted by Crippen LogP contribution is -2.41. The van der Waals surface area contributed by atoms with Crippen LogP contribution < -0.4 is 10.8 Å². The van der Waals surface area contributed by atoms with Gasteiger partial charge in [-0.1, -0.05) is 66.7 Å². The predicted octanol–water partition coefficient (Wildman–Crippen LogP) is 5.41. The smallest absolute Gasteiger partial charge is 0.399 e. The van der Waals surface area contributed by atoms with Crippen LogP contribution in [0.2, 0.25) is 0 Å². The molecule has 0 aromatic heterocycles. The molecule has 3 aromatic rings. The summed E-state index contributed by atoms with van der Waals surface area (Å²) in [6.07, 6.45) is 4.11. The first kappa shape index (κ1) is 22.1. The van der Waals surface area contributed by atoms with E-state index in [0.29, 0.717) is 5.56 Å². The molecule has 1 saturated heterocycles. The van der Waals surface area contributed by atoms with E-state index in [2.05, 4.69) is 29.6 Å². The average molecular weight is 425 g/mol. The molecule has 4 nitrogen and oxygen atoms in total. The first-order valence-corrected chi connectivity index (χ1v) is 10.8. The van der Waals surface area contributed by atoms with Gasteiger partial charge in [-0.2, -0.15) is 0 Å². The van der Waals surface area contributed by atoms with E-state index in [1.807, 2.05) is 88.4 Å². The zero-order valence-electron chi connectivity index (χ0n) is 19.0. The molecule has 162 valence electrons. The number of carbonyl (C=O) groups excluding carboxylic acids is 1. The Hall–Kier alpha value is -3.15. The van der Waals surface area contributed by atoms with Crippen LogP contribution in [0.15, 0.2) is 78.9 Å². The van der Waals surface area contributed by atoms with Crippen LogP contribution in [-0.4, -0.2) is 24.2 Å². The zero-order chi connectivity index (χ0) is 22.8. The van der Waals surface area contributed by atoms with Crippen molar-refractivity contribution < 1.29 is 14.1 Å². The van der Waals surface area contributed by atoms with E-state index in [1.165, 1.54) is 0 Å². The highest BCUT2D eigenvalue weighted by atomic mass is 16.7. The first-order chi connectivity index (χ1) is 15.2. The van der Waals surface area contributed by atoms with Crippen LogP contribution in [0.3, 0.4) is 0 Å². The fourth-order valence-corrected chi connectivity index (χ4v) is 3.44. The molecule has 5 heteroatoms. The Labute approximate surface area is 190 Å². The van der Waals surface area contributed by atoms with E-state index in [9.17, 15) is 4.79 Å². The van der Waals surface area contributed by atoms with Gasteiger partial charge in [-0.15, -0.1) is 0 Å². The minimum absolute atomic E-state index is 0.170. The Kier molecular flexibility index (Phi) is 6.05. The molecule has 1 heterocycles. The van der Waals surface area contributed by atoms with Gasteiger partial charge in [0, 0.05) is 11.3 Å². The van der Waals surface area contributed by atoms with Gasteiger partial charge >= 0.3 is 7.12 Å². The normalized spacial score (nSPS) is 16.9. The standard InChI is InChI=1S/C27H28BNO3/c1-26(2)27(3,4)32-28(31-26)23-12-8-11-22(19-23)25(30)29-24-17-15-21(16-18-24)14-13-20-9-6-5-7-10-20/h5-19H,1-4H3,(H,29,30). The summed E-state index contributed by atoms with van der Waals surface area (Å²) >= 11 is 0. The van der Waals surface area contributed by atoms with Gasteiger partial charge < -0.3 is 14.6 Å². The van der Waals surface area contributed by atoms with Crippen molar-refractivity contribution in [3.63, 3.8) is 0 Å². The lowest BCUT2D eigenvalue weighted by molar-refractivity contribution is 0.00578. The Morgan fingerprint density at radius 2 is 1.38 bits per heavy atom. The number of nitrogens with one attached hydrogen (secondary N) is 1. The van der Waals surface area contributed by atoms with E-state index in [0.717, 1.165) is 22.3 Å². The van der Waals surface area contributed by atoms with Gasteiger partial charge in [0.15, 0.2) is 0 Å². The Morgan fingerprint density at radius 1 is 0.781 bits per heavy atom. The second-order valence-electron chi connectivity index (χ2n) is 9.03. The van der Waals surface area contributed by atoms with E-state index in [4.69, 9.17) is 9.31 Å². The zero-order valence-corrected chi connectivity index (χ0v) is 19.0. The molecule has 0 aliphatic carbocycles. The molecule has 0 spiro atoms. The van der Waals surface area contributed by atoms with Gasteiger partial charge in [0.05, 0.1) is 11.2 Å². The number of carbonyl (C=O) groups is 1. The molecule has 3 aromatic carbocycles. The van der Waals surface area contributed by atoms with Gasteiger partial charge in [0.1, 0.15) is 0 Å². The highest BCUT2D eigenvalue weighted by molar-refractivity contribution is 6.62. The Balaban J connectivity index is 1.42. The largest absolute Gasteiger partial charge is 0.494 e. The first-order valence-electron chi connectivity index (χ1n) is 10.8. The molecule has 1 aliphatic rings. The monoisotopic (exact) mass is 425 g/mol. The maximum atomic E-state index is 12.8. The molecule has 1 aliphatic heterocycles. The third kappa shape index (κ3) is 4.85. The Morgan fingerprint density at radius 3 is 2.00 bits per heavy atom. The number of amides is 1. The number of anilines is 1. The van der Waals surface area contributed by atoms with Crippen molar-refractivity contribution in [2.24, 2.45) is 0 Å². The molecule has 1 amide bonds. The number of hydrogen-bond acceptors (Lipinski definition) is 3. The molecule has 0 bridgehead atoms. The highest BCUT2D eigenvalue weighted by Crippen LogP contribution is 2.36. The molecule has 4 rings (SSSR count). The van der Waals surface area contributed by atoms with Crippen LogP contribution in [0.4, 0.5) is 5.69 Å². The van der Waals surface area contributed by atoms with Crippen LogP contribution in [0.25, 0.3) is 12.2 Å². The molecular formula is C27H28BNO3.